The summed E-state index contributed by atoms with van der Waals surface area (Å²) in [7, 11) is 0. The third kappa shape index (κ3) is 2.87. The minimum Gasteiger partial charge on any atom is -0.308 e. The Hall–Kier alpha value is -3.58. The highest BCUT2D eigenvalue weighted by Crippen LogP contribution is 2.16. The molecule has 0 aliphatic carbocycles. The van der Waals surface area contributed by atoms with Crippen LogP contribution in [-0.4, -0.2) is 19.2 Å². The number of rotatable bonds is 3. The fraction of sp³-hybridized carbons (Fsp3) is 0.0909. The highest BCUT2D eigenvalue weighted by molar-refractivity contribution is 7.15. The number of pyridine rings is 1. The Labute approximate surface area is 169 Å². The maximum absolute atomic E-state index is 12.9. The van der Waals surface area contributed by atoms with E-state index in [4.69, 9.17) is 0 Å². The van der Waals surface area contributed by atoms with E-state index in [1.165, 1.54) is 15.9 Å². The van der Waals surface area contributed by atoms with E-state index in [-0.39, 0.29) is 11.1 Å². The van der Waals surface area contributed by atoms with Crippen molar-refractivity contribution < 1.29 is 0 Å². The van der Waals surface area contributed by atoms with E-state index in [2.05, 4.69) is 10.1 Å². The molecule has 0 saturated carbocycles. The average Bonchev–Trinajstić information content (AvgIpc) is 3.29. The molecule has 3 heterocycles. The van der Waals surface area contributed by atoms with Crippen molar-refractivity contribution in [3.63, 3.8) is 0 Å². The number of hydrogen-bond acceptors (Lipinski definition) is 5. The summed E-state index contributed by atoms with van der Waals surface area (Å²) in [6.07, 6.45) is 1.65. The summed E-state index contributed by atoms with van der Waals surface area (Å²) in [4.78, 5) is 30.7. The molecule has 0 N–H and O–H groups in total. The quantitative estimate of drug-likeness (QED) is 0.467. The maximum Gasteiger partial charge on any atom is 0.291 e. The Morgan fingerprint density at radius 3 is 2.52 bits per heavy atom. The molecule has 0 saturated heterocycles. The minimum absolute atomic E-state index is 0.116. The van der Waals surface area contributed by atoms with Gasteiger partial charge in [-0.3, -0.25) is 9.59 Å². The van der Waals surface area contributed by atoms with Crippen LogP contribution in [0.3, 0.4) is 0 Å². The van der Waals surface area contributed by atoms with Crippen molar-refractivity contribution in [3.8, 4) is 11.4 Å². The highest BCUT2D eigenvalue weighted by atomic mass is 32.1. The summed E-state index contributed by atoms with van der Waals surface area (Å²) in [5.74, 6) is 0.513. The van der Waals surface area contributed by atoms with Crippen LogP contribution in [0.25, 0.3) is 33.3 Å². The van der Waals surface area contributed by atoms with Crippen LogP contribution in [0.2, 0.25) is 0 Å². The standard InChI is InChI=1S/C22H16N4O2S/c1-2-25-17-11-7-6-10-15(17)12-16(20(25)27)13-18-21(28)26-22(29-18)23-19(24-26)14-8-4-3-5-9-14/h3-13H,2H2,1H3/b18-13-. The van der Waals surface area contributed by atoms with E-state index in [0.29, 0.717) is 27.4 Å². The van der Waals surface area contributed by atoms with Crippen molar-refractivity contribution in [2.24, 2.45) is 0 Å². The molecule has 2 aromatic carbocycles. The molecule has 0 fully saturated rings. The zero-order valence-electron chi connectivity index (χ0n) is 15.6. The fourth-order valence-corrected chi connectivity index (χ4v) is 4.35. The predicted octanol–water partition coefficient (Wildman–Crippen LogP) is 2.70. The Morgan fingerprint density at radius 1 is 1.00 bits per heavy atom. The van der Waals surface area contributed by atoms with Crippen molar-refractivity contribution >= 4 is 33.3 Å². The summed E-state index contributed by atoms with van der Waals surface area (Å²) in [5.41, 5.74) is 1.84. The predicted molar refractivity (Wildman–Crippen MR) is 115 cm³/mol. The zero-order valence-corrected chi connectivity index (χ0v) is 16.4. The lowest BCUT2D eigenvalue weighted by Gasteiger charge is -2.08. The number of fused-ring (bicyclic) bond motifs is 2. The van der Waals surface area contributed by atoms with Crippen molar-refractivity contribution in [2.45, 2.75) is 13.5 Å². The SMILES string of the molecule is CCn1c(=O)c(/C=c2\sc3nc(-c4ccccc4)nn3c2=O)cc2ccccc21. The van der Waals surface area contributed by atoms with Gasteiger partial charge in [0, 0.05) is 17.7 Å². The van der Waals surface area contributed by atoms with Gasteiger partial charge in [0.15, 0.2) is 5.82 Å². The Morgan fingerprint density at radius 2 is 1.76 bits per heavy atom. The molecule has 5 rings (SSSR count). The third-order valence-corrected chi connectivity index (χ3v) is 5.81. The van der Waals surface area contributed by atoms with Crippen molar-refractivity contribution in [3.05, 3.63) is 91.5 Å². The van der Waals surface area contributed by atoms with Gasteiger partial charge in [0.05, 0.1) is 10.0 Å². The normalized spacial score (nSPS) is 12.2. The molecule has 0 radical (unpaired) electrons. The number of para-hydroxylation sites is 1. The molecule has 0 unspecified atom stereocenters. The summed E-state index contributed by atoms with van der Waals surface area (Å²) < 4.78 is 3.46. The molecule has 6 nitrogen and oxygen atoms in total. The number of nitrogens with zero attached hydrogens (tertiary/aromatic N) is 4. The molecule has 29 heavy (non-hydrogen) atoms. The van der Waals surface area contributed by atoms with Crippen LogP contribution in [0.1, 0.15) is 12.5 Å². The minimum atomic E-state index is -0.268. The Balaban J connectivity index is 1.69. The van der Waals surface area contributed by atoms with E-state index in [1.807, 2.05) is 67.6 Å². The van der Waals surface area contributed by atoms with Gasteiger partial charge in [-0.2, -0.15) is 9.50 Å². The first-order valence-electron chi connectivity index (χ1n) is 9.25. The topological polar surface area (TPSA) is 69.3 Å². The Kier molecular flexibility index (Phi) is 4.10. The fourth-order valence-electron chi connectivity index (χ4n) is 3.45. The summed E-state index contributed by atoms with van der Waals surface area (Å²) in [5, 5.41) is 5.31. The lowest BCUT2D eigenvalue weighted by molar-refractivity contribution is 0.758. The second-order valence-electron chi connectivity index (χ2n) is 6.62. The largest absolute Gasteiger partial charge is 0.308 e. The lowest BCUT2D eigenvalue weighted by atomic mass is 10.1. The van der Waals surface area contributed by atoms with Crippen LogP contribution in [0.15, 0.2) is 70.3 Å². The van der Waals surface area contributed by atoms with Gasteiger partial charge in [-0.15, -0.1) is 5.10 Å². The van der Waals surface area contributed by atoms with Crippen LogP contribution >= 0.6 is 11.3 Å². The van der Waals surface area contributed by atoms with Gasteiger partial charge in [0.1, 0.15) is 0 Å². The van der Waals surface area contributed by atoms with Gasteiger partial charge in [0.2, 0.25) is 4.96 Å². The first-order chi connectivity index (χ1) is 14.2. The zero-order chi connectivity index (χ0) is 20.0. The number of benzene rings is 2. The molecule has 5 aromatic rings. The van der Waals surface area contributed by atoms with Crippen molar-refractivity contribution in [2.75, 3.05) is 0 Å². The number of hydrogen-bond donors (Lipinski definition) is 0. The smallest absolute Gasteiger partial charge is 0.291 e. The molecule has 7 heteroatoms. The second kappa shape index (κ2) is 6.79. The highest BCUT2D eigenvalue weighted by Gasteiger charge is 2.13. The van der Waals surface area contributed by atoms with Gasteiger partial charge in [-0.25, -0.2) is 0 Å². The maximum atomic E-state index is 12.9. The summed E-state index contributed by atoms with van der Waals surface area (Å²) in [6, 6.07) is 19.1. The van der Waals surface area contributed by atoms with Crippen LogP contribution < -0.4 is 15.7 Å². The van der Waals surface area contributed by atoms with E-state index >= 15 is 0 Å². The van der Waals surface area contributed by atoms with Crippen LogP contribution in [-0.2, 0) is 6.54 Å². The van der Waals surface area contributed by atoms with Gasteiger partial charge in [-0.05, 0) is 30.5 Å². The van der Waals surface area contributed by atoms with Crippen LogP contribution in [0.5, 0.6) is 0 Å². The second-order valence-corrected chi connectivity index (χ2v) is 7.63. The van der Waals surface area contributed by atoms with E-state index in [1.54, 1.807) is 10.6 Å². The molecule has 0 spiro atoms. The molecule has 0 aliphatic rings. The monoisotopic (exact) mass is 400 g/mol. The van der Waals surface area contributed by atoms with E-state index in [0.717, 1.165) is 16.5 Å². The van der Waals surface area contributed by atoms with Gasteiger partial charge >= 0.3 is 0 Å². The number of aryl methyl sites for hydroxylation is 1. The molecule has 0 atom stereocenters. The van der Waals surface area contributed by atoms with Crippen molar-refractivity contribution in [1.82, 2.24) is 19.2 Å². The summed E-state index contributed by atoms with van der Waals surface area (Å²) >= 11 is 1.23. The molecule has 0 bridgehead atoms. The molecular weight excluding hydrogens is 384 g/mol. The first-order valence-corrected chi connectivity index (χ1v) is 10.1. The van der Waals surface area contributed by atoms with Gasteiger partial charge < -0.3 is 4.57 Å². The molecule has 0 amide bonds. The first kappa shape index (κ1) is 17.5. The summed E-state index contributed by atoms with van der Waals surface area (Å²) in [6.45, 7) is 2.49. The molecule has 142 valence electrons. The number of thiazole rings is 1. The van der Waals surface area contributed by atoms with Crippen LogP contribution in [0.4, 0.5) is 0 Å². The molecule has 3 aromatic heterocycles. The number of aromatic nitrogens is 4. The third-order valence-electron chi connectivity index (χ3n) is 4.85. The van der Waals surface area contributed by atoms with Crippen molar-refractivity contribution in [1.29, 1.82) is 0 Å². The lowest BCUT2D eigenvalue weighted by Crippen LogP contribution is -2.27. The molecular formula is C22H16N4O2S. The Bertz CT molecular complexity index is 1530. The molecule has 0 aliphatic heterocycles. The van der Waals surface area contributed by atoms with Gasteiger partial charge in [-0.1, -0.05) is 59.9 Å². The van der Waals surface area contributed by atoms with E-state index < -0.39 is 0 Å². The van der Waals surface area contributed by atoms with Crippen LogP contribution in [0, 0.1) is 0 Å². The van der Waals surface area contributed by atoms with Gasteiger partial charge in [0.25, 0.3) is 11.1 Å². The van der Waals surface area contributed by atoms with E-state index in [9.17, 15) is 9.59 Å². The average molecular weight is 400 g/mol.